The van der Waals surface area contributed by atoms with Crippen molar-refractivity contribution >= 4 is 12.2 Å². The van der Waals surface area contributed by atoms with E-state index in [1.165, 1.54) is 6.07 Å². The Morgan fingerprint density at radius 1 is 1.21 bits per heavy atom. The molecule has 0 spiro atoms. The van der Waals surface area contributed by atoms with Crippen LogP contribution in [-0.2, 0) is 0 Å². The van der Waals surface area contributed by atoms with Crippen molar-refractivity contribution in [1.82, 2.24) is 10.3 Å². The van der Waals surface area contributed by atoms with Gasteiger partial charge in [-0.05, 0) is 23.8 Å². The lowest BCUT2D eigenvalue weighted by molar-refractivity contribution is 0.0119. The van der Waals surface area contributed by atoms with Gasteiger partial charge in [0.05, 0.1) is 12.1 Å². The fraction of sp³-hybridized carbons (Fsp3) is 0.286. The Bertz CT molecular complexity index is 1010. The van der Waals surface area contributed by atoms with E-state index in [0.29, 0.717) is 5.56 Å². The summed E-state index contributed by atoms with van der Waals surface area (Å²) in [6, 6.07) is 13.0. The molecule has 5 atom stereocenters. The second-order valence-corrected chi connectivity index (χ2v) is 7.33. The fourth-order valence-electron chi connectivity index (χ4n) is 4.24. The zero-order chi connectivity index (χ0) is 20.7. The fourth-order valence-corrected chi connectivity index (χ4v) is 4.24. The van der Waals surface area contributed by atoms with Gasteiger partial charge >= 0.3 is 5.97 Å². The zero-order valence-corrected chi connectivity index (χ0v) is 15.6. The first-order chi connectivity index (χ1) is 13.9. The van der Waals surface area contributed by atoms with Crippen molar-refractivity contribution in [2.75, 3.05) is 0 Å². The minimum atomic E-state index is -1.20. The van der Waals surface area contributed by atoms with E-state index < -0.39 is 24.1 Å². The standard InChI is InChI=1S/C21H20N4O4/c1-11-17(15-3-2-4-16(19(15)27)21(28)29)24-20-13(9-22)10-23-25(20)18(11)12-5-7-14(26)8-6-12/h2-8,10-11,13,17-18,20,24,26-27H,1H3,(H,28,29). The molecular formula is C21H20N4O4. The van der Waals surface area contributed by atoms with E-state index in [9.17, 15) is 25.4 Å². The highest BCUT2D eigenvalue weighted by atomic mass is 16.4. The molecule has 1 saturated heterocycles. The number of nitrogens with zero attached hydrogens (tertiary/aromatic N) is 3. The largest absolute Gasteiger partial charge is 0.508 e. The summed E-state index contributed by atoms with van der Waals surface area (Å²) in [4.78, 5) is 11.5. The van der Waals surface area contributed by atoms with Gasteiger partial charge in [0.1, 0.15) is 29.1 Å². The summed E-state index contributed by atoms with van der Waals surface area (Å²) in [5.74, 6) is -1.97. The van der Waals surface area contributed by atoms with Crippen molar-refractivity contribution < 1.29 is 20.1 Å². The monoisotopic (exact) mass is 392 g/mol. The number of hydrazone groups is 1. The zero-order valence-electron chi connectivity index (χ0n) is 15.6. The van der Waals surface area contributed by atoms with Crippen molar-refractivity contribution in [3.63, 3.8) is 0 Å². The highest BCUT2D eigenvalue weighted by Crippen LogP contribution is 2.46. The molecule has 2 aliphatic heterocycles. The van der Waals surface area contributed by atoms with Gasteiger partial charge in [-0.2, -0.15) is 10.4 Å². The van der Waals surface area contributed by atoms with Gasteiger partial charge in [-0.25, -0.2) is 4.79 Å². The van der Waals surface area contributed by atoms with Crippen molar-refractivity contribution in [3.05, 3.63) is 59.2 Å². The summed E-state index contributed by atoms with van der Waals surface area (Å²) in [5, 5.41) is 48.8. The normalized spacial score (nSPS) is 28.0. The lowest BCUT2D eigenvalue weighted by atomic mass is 9.80. The van der Waals surface area contributed by atoms with Gasteiger partial charge < -0.3 is 15.3 Å². The number of rotatable bonds is 3. The Morgan fingerprint density at radius 2 is 1.93 bits per heavy atom. The number of carboxylic acids is 1. The maximum Gasteiger partial charge on any atom is 0.339 e. The molecule has 2 aliphatic rings. The summed E-state index contributed by atoms with van der Waals surface area (Å²) in [5.41, 5.74) is 1.19. The molecule has 0 aliphatic carbocycles. The first kappa shape index (κ1) is 18.8. The van der Waals surface area contributed by atoms with Gasteiger partial charge in [-0.3, -0.25) is 10.3 Å². The second kappa shape index (κ2) is 7.11. The number of phenols is 2. The third-order valence-electron chi connectivity index (χ3n) is 5.66. The van der Waals surface area contributed by atoms with Crippen molar-refractivity contribution in [1.29, 1.82) is 5.26 Å². The predicted octanol–water partition coefficient (Wildman–Crippen LogP) is 2.58. The van der Waals surface area contributed by atoms with Gasteiger partial charge in [-0.15, -0.1) is 0 Å². The van der Waals surface area contributed by atoms with Crippen LogP contribution in [0.3, 0.4) is 0 Å². The molecule has 1 fully saturated rings. The number of nitriles is 1. The van der Waals surface area contributed by atoms with Crippen molar-refractivity contribution in [2.45, 2.75) is 25.2 Å². The van der Waals surface area contributed by atoms with Crippen LogP contribution < -0.4 is 5.32 Å². The van der Waals surface area contributed by atoms with Crippen LogP contribution in [0.1, 0.15) is 40.5 Å². The summed E-state index contributed by atoms with van der Waals surface area (Å²) in [6.07, 6.45) is 1.17. The Labute approximate surface area is 167 Å². The molecule has 0 radical (unpaired) electrons. The lowest BCUT2D eigenvalue weighted by Crippen LogP contribution is -2.55. The van der Waals surface area contributed by atoms with Crippen LogP contribution in [-0.4, -0.2) is 38.7 Å². The Kier molecular flexibility index (Phi) is 4.60. The molecule has 4 rings (SSSR count). The molecule has 0 aromatic heterocycles. The number of para-hydroxylation sites is 1. The lowest BCUT2D eigenvalue weighted by Gasteiger charge is -2.47. The second-order valence-electron chi connectivity index (χ2n) is 7.33. The van der Waals surface area contributed by atoms with E-state index in [-0.39, 0.29) is 29.0 Å². The number of carbonyl (C=O) groups is 1. The summed E-state index contributed by atoms with van der Waals surface area (Å²) >= 11 is 0. The molecule has 2 aromatic carbocycles. The third kappa shape index (κ3) is 3.05. The highest BCUT2D eigenvalue weighted by Gasteiger charge is 2.47. The predicted molar refractivity (Wildman–Crippen MR) is 104 cm³/mol. The van der Waals surface area contributed by atoms with Gasteiger partial charge in [0.2, 0.25) is 0 Å². The van der Waals surface area contributed by atoms with Gasteiger partial charge in [0.15, 0.2) is 0 Å². The van der Waals surface area contributed by atoms with Crippen LogP contribution >= 0.6 is 0 Å². The number of hydrogen-bond acceptors (Lipinski definition) is 7. The third-order valence-corrected chi connectivity index (χ3v) is 5.66. The number of carboxylic acid groups (broad SMARTS) is 1. The number of aromatic carboxylic acids is 1. The number of nitrogens with one attached hydrogen (secondary N) is 1. The number of hydrogen-bond donors (Lipinski definition) is 4. The van der Waals surface area contributed by atoms with Crippen LogP contribution in [0.4, 0.5) is 0 Å². The molecule has 2 aromatic rings. The van der Waals surface area contributed by atoms with Crippen LogP contribution in [0.5, 0.6) is 11.5 Å². The quantitative estimate of drug-likeness (QED) is 0.632. The minimum absolute atomic E-state index is 0.139. The molecule has 0 saturated carbocycles. The first-order valence-electron chi connectivity index (χ1n) is 9.24. The van der Waals surface area contributed by atoms with Crippen LogP contribution in [0.2, 0.25) is 0 Å². The number of fused-ring (bicyclic) bond motifs is 1. The van der Waals surface area contributed by atoms with Crippen molar-refractivity contribution in [2.24, 2.45) is 16.9 Å². The van der Waals surface area contributed by atoms with E-state index in [0.717, 1.165) is 5.56 Å². The van der Waals surface area contributed by atoms with Crippen molar-refractivity contribution in [3.8, 4) is 17.6 Å². The molecule has 8 heteroatoms. The molecule has 5 unspecified atom stereocenters. The SMILES string of the molecule is CC1C(c2cccc(C(=O)O)c2O)NC2C(C#N)C=NN2C1c1ccc(O)cc1. The van der Waals surface area contributed by atoms with Gasteiger partial charge in [0.25, 0.3) is 0 Å². The molecule has 0 amide bonds. The number of aromatic hydroxyl groups is 2. The average Bonchev–Trinajstić information content (AvgIpc) is 3.11. The van der Waals surface area contributed by atoms with Crippen LogP contribution in [0.25, 0.3) is 0 Å². The molecule has 8 nitrogen and oxygen atoms in total. The van der Waals surface area contributed by atoms with Gasteiger partial charge in [-0.1, -0.05) is 31.2 Å². The van der Waals surface area contributed by atoms with E-state index in [1.807, 2.05) is 11.9 Å². The minimum Gasteiger partial charge on any atom is -0.508 e. The van der Waals surface area contributed by atoms with E-state index >= 15 is 0 Å². The molecular weight excluding hydrogens is 372 g/mol. The molecule has 0 bridgehead atoms. The molecule has 148 valence electrons. The van der Waals surface area contributed by atoms with Crippen LogP contribution in [0.15, 0.2) is 47.6 Å². The maximum atomic E-state index is 11.5. The van der Waals surface area contributed by atoms with E-state index in [2.05, 4.69) is 16.5 Å². The Balaban J connectivity index is 1.80. The highest BCUT2D eigenvalue weighted by molar-refractivity contribution is 5.91. The summed E-state index contributed by atoms with van der Waals surface area (Å²) < 4.78 is 0. The molecule has 2 heterocycles. The summed E-state index contributed by atoms with van der Waals surface area (Å²) in [6.45, 7) is 1.98. The van der Waals surface area contributed by atoms with Gasteiger partial charge in [0, 0.05) is 23.7 Å². The summed E-state index contributed by atoms with van der Waals surface area (Å²) in [7, 11) is 0. The molecule has 29 heavy (non-hydrogen) atoms. The topological polar surface area (TPSA) is 129 Å². The maximum absolute atomic E-state index is 11.5. The Morgan fingerprint density at radius 3 is 2.59 bits per heavy atom. The van der Waals surface area contributed by atoms with Crippen LogP contribution in [0, 0.1) is 23.2 Å². The number of benzene rings is 2. The van der Waals surface area contributed by atoms with E-state index in [1.54, 1.807) is 42.6 Å². The Hall–Kier alpha value is -3.57. The molecule has 4 N–H and O–H groups in total. The number of phenolic OH excluding ortho intramolecular Hbond substituents is 1. The smallest absolute Gasteiger partial charge is 0.339 e. The first-order valence-corrected chi connectivity index (χ1v) is 9.24. The van der Waals surface area contributed by atoms with E-state index in [4.69, 9.17) is 0 Å². The average molecular weight is 392 g/mol.